The van der Waals surface area contributed by atoms with Crippen molar-refractivity contribution in [2.45, 2.75) is 25.3 Å². The zero-order valence-corrected chi connectivity index (χ0v) is 13.3. The third-order valence-electron chi connectivity index (χ3n) is 4.36. The van der Waals surface area contributed by atoms with Crippen LogP contribution in [0.1, 0.15) is 30.3 Å². The van der Waals surface area contributed by atoms with Crippen LogP contribution in [0.25, 0.3) is 17.0 Å². The molecule has 0 aliphatic carbocycles. The number of ether oxygens (including phenoxy) is 1. The van der Waals surface area contributed by atoms with Crippen molar-refractivity contribution in [1.29, 1.82) is 0 Å². The molecule has 24 heavy (non-hydrogen) atoms. The predicted molar refractivity (Wildman–Crippen MR) is 86.9 cm³/mol. The summed E-state index contributed by atoms with van der Waals surface area (Å²) >= 11 is 0. The smallest absolute Gasteiger partial charge is 0.272 e. The summed E-state index contributed by atoms with van der Waals surface area (Å²) in [7, 11) is 0. The van der Waals surface area contributed by atoms with Crippen molar-refractivity contribution in [3.8, 4) is 5.95 Å². The monoisotopic (exact) mass is 326 g/mol. The Morgan fingerprint density at radius 2 is 2.21 bits per heavy atom. The number of carbonyl (C=O) groups excluding carboxylic acids is 1. The molecule has 0 atom stereocenters. The summed E-state index contributed by atoms with van der Waals surface area (Å²) in [5.74, 6) is 0.206. The maximum Gasteiger partial charge on any atom is 0.272 e. The fourth-order valence-corrected chi connectivity index (χ4v) is 2.87. The summed E-state index contributed by atoms with van der Waals surface area (Å²) < 4.78 is 7.06. The molecular formula is C16H18N6O2. The first-order valence-electron chi connectivity index (χ1n) is 7.88. The van der Waals surface area contributed by atoms with E-state index >= 15 is 0 Å². The summed E-state index contributed by atoms with van der Waals surface area (Å²) in [6, 6.07) is 1.82. The first kappa shape index (κ1) is 14.8. The minimum absolute atomic E-state index is 0.212. The van der Waals surface area contributed by atoms with Crippen LogP contribution in [0.5, 0.6) is 0 Å². The molecule has 4 heterocycles. The number of aromatic nitrogens is 5. The molecule has 124 valence electrons. The Labute approximate surface area is 138 Å². The van der Waals surface area contributed by atoms with Gasteiger partial charge in [-0.2, -0.15) is 0 Å². The first-order valence-corrected chi connectivity index (χ1v) is 7.88. The van der Waals surface area contributed by atoms with E-state index in [0.717, 1.165) is 12.8 Å². The van der Waals surface area contributed by atoms with Crippen LogP contribution in [-0.2, 0) is 4.74 Å². The van der Waals surface area contributed by atoms with Crippen LogP contribution in [0, 0.1) is 0 Å². The molecule has 2 N–H and O–H groups in total. The van der Waals surface area contributed by atoms with Gasteiger partial charge in [-0.05, 0) is 25.8 Å². The molecule has 1 saturated heterocycles. The second-order valence-corrected chi connectivity index (χ2v) is 6.21. The van der Waals surface area contributed by atoms with Crippen LogP contribution in [0.3, 0.4) is 0 Å². The zero-order valence-electron chi connectivity index (χ0n) is 13.3. The molecule has 0 radical (unpaired) electrons. The van der Waals surface area contributed by atoms with Gasteiger partial charge in [-0.3, -0.25) is 9.36 Å². The van der Waals surface area contributed by atoms with Gasteiger partial charge in [0, 0.05) is 37.3 Å². The fourth-order valence-electron chi connectivity index (χ4n) is 2.87. The van der Waals surface area contributed by atoms with Gasteiger partial charge >= 0.3 is 0 Å². The van der Waals surface area contributed by atoms with Gasteiger partial charge in [-0.15, -0.1) is 0 Å². The zero-order chi connectivity index (χ0) is 16.6. The van der Waals surface area contributed by atoms with E-state index in [4.69, 9.17) is 4.74 Å². The SMILES string of the molecule is CC1(NC(=O)c2nc(-n3ccnc3)nc3cc[nH]c23)CCOCC1. The second kappa shape index (κ2) is 5.72. The lowest BCUT2D eigenvalue weighted by atomic mass is 9.92. The first-order chi connectivity index (χ1) is 11.6. The van der Waals surface area contributed by atoms with Gasteiger partial charge in [0.05, 0.1) is 11.0 Å². The van der Waals surface area contributed by atoms with Crippen LogP contribution >= 0.6 is 0 Å². The Balaban J connectivity index is 1.72. The van der Waals surface area contributed by atoms with E-state index in [2.05, 4.69) is 25.3 Å². The molecule has 0 unspecified atom stereocenters. The second-order valence-electron chi connectivity index (χ2n) is 6.21. The maximum absolute atomic E-state index is 12.9. The summed E-state index contributed by atoms with van der Waals surface area (Å²) in [4.78, 5) is 28.8. The number of nitrogens with zero attached hydrogens (tertiary/aromatic N) is 4. The predicted octanol–water partition coefficient (Wildman–Crippen LogP) is 1.44. The number of fused-ring (bicyclic) bond motifs is 1. The van der Waals surface area contributed by atoms with Crippen LogP contribution in [0.15, 0.2) is 31.0 Å². The molecule has 8 nitrogen and oxygen atoms in total. The number of carbonyl (C=O) groups is 1. The molecule has 0 spiro atoms. The number of amides is 1. The Morgan fingerprint density at radius 1 is 1.38 bits per heavy atom. The van der Waals surface area contributed by atoms with Crippen molar-refractivity contribution in [2.75, 3.05) is 13.2 Å². The molecule has 3 aromatic rings. The largest absolute Gasteiger partial charge is 0.381 e. The number of nitrogens with one attached hydrogen (secondary N) is 2. The highest BCUT2D eigenvalue weighted by Crippen LogP contribution is 2.22. The summed E-state index contributed by atoms with van der Waals surface area (Å²) in [5, 5.41) is 3.11. The van der Waals surface area contributed by atoms with Gasteiger partial charge in [0.25, 0.3) is 5.91 Å². The Hall–Kier alpha value is -2.74. The van der Waals surface area contributed by atoms with Crippen molar-refractivity contribution in [2.24, 2.45) is 0 Å². The highest BCUT2D eigenvalue weighted by Gasteiger charge is 2.30. The van der Waals surface area contributed by atoms with Gasteiger partial charge < -0.3 is 15.0 Å². The van der Waals surface area contributed by atoms with Crippen molar-refractivity contribution >= 4 is 16.9 Å². The van der Waals surface area contributed by atoms with Crippen LogP contribution in [0.4, 0.5) is 0 Å². The summed E-state index contributed by atoms with van der Waals surface area (Å²) in [6.45, 7) is 3.34. The fraction of sp³-hybridized carbons (Fsp3) is 0.375. The minimum Gasteiger partial charge on any atom is -0.381 e. The Kier molecular flexibility index (Phi) is 3.53. The quantitative estimate of drug-likeness (QED) is 0.759. The third kappa shape index (κ3) is 2.65. The summed E-state index contributed by atoms with van der Waals surface area (Å²) in [5.41, 5.74) is 1.37. The van der Waals surface area contributed by atoms with E-state index in [1.807, 2.05) is 13.0 Å². The van der Waals surface area contributed by atoms with Crippen molar-refractivity contribution in [1.82, 2.24) is 29.8 Å². The molecule has 0 saturated carbocycles. The lowest BCUT2D eigenvalue weighted by molar-refractivity contribution is 0.0422. The lowest BCUT2D eigenvalue weighted by Crippen LogP contribution is -2.49. The topological polar surface area (TPSA) is 97.7 Å². The molecule has 8 heteroatoms. The third-order valence-corrected chi connectivity index (χ3v) is 4.36. The number of rotatable bonds is 3. The number of H-pyrrole nitrogens is 1. The minimum atomic E-state index is -0.283. The molecule has 4 rings (SSSR count). The molecule has 1 fully saturated rings. The van der Waals surface area contributed by atoms with Gasteiger partial charge in [0.1, 0.15) is 6.33 Å². The standard InChI is InChI=1S/C16H18N6O2/c1-16(3-8-24-9-4-16)21-14(23)13-12-11(2-5-18-12)19-15(20-13)22-7-6-17-10-22/h2,5-7,10,18H,3-4,8-9H2,1H3,(H,21,23). The molecular weight excluding hydrogens is 308 g/mol. The number of aromatic amines is 1. The van der Waals surface area contributed by atoms with E-state index in [1.54, 1.807) is 29.5 Å². The number of imidazole rings is 1. The van der Waals surface area contributed by atoms with Gasteiger partial charge in [0.15, 0.2) is 5.69 Å². The van der Waals surface area contributed by atoms with Gasteiger partial charge in [-0.1, -0.05) is 0 Å². The Morgan fingerprint density at radius 3 is 2.96 bits per heavy atom. The van der Waals surface area contributed by atoms with Gasteiger partial charge in [0.2, 0.25) is 5.95 Å². The summed E-state index contributed by atoms with van der Waals surface area (Å²) in [6.07, 6.45) is 8.32. The van der Waals surface area contributed by atoms with E-state index < -0.39 is 0 Å². The normalized spacial score (nSPS) is 17.0. The van der Waals surface area contributed by atoms with Crippen molar-refractivity contribution in [3.05, 3.63) is 36.7 Å². The van der Waals surface area contributed by atoms with Crippen molar-refractivity contribution < 1.29 is 9.53 Å². The van der Waals surface area contributed by atoms with E-state index in [9.17, 15) is 4.79 Å². The van der Waals surface area contributed by atoms with Crippen LogP contribution in [-0.4, -0.2) is 49.2 Å². The molecule has 1 amide bonds. The van der Waals surface area contributed by atoms with E-state index in [-0.39, 0.29) is 11.4 Å². The lowest BCUT2D eigenvalue weighted by Gasteiger charge is -2.34. The average Bonchev–Trinajstić information content (AvgIpc) is 3.25. The highest BCUT2D eigenvalue weighted by atomic mass is 16.5. The van der Waals surface area contributed by atoms with Crippen LogP contribution < -0.4 is 5.32 Å². The molecule has 1 aliphatic heterocycles. The van der Waals surface area contributed by atoms with E-state index in [1.165, 1.54) is 0 Å². The van der Waals surface area contributed by atoms with Crippen molar-refractivity contribution in [3.63, 3.8) is 0 Å². The average molecular weight is 326 g/mol. The Bertz CT molecular complexity index is 864. The molecule has 0 aromatic carbocycles. The van der Waals surface area contributed by atoms with E-state index in [0.29, 0.717) is 35.9 Å². The maximum atomic E-state index is 12.9. The van der Waals surface area contributed by atoms with Gasteiger partial charge in [-0.25, -0.2) is 15.0 Å². The number of hydrogen-bond acceptors (Lipinski definition) is 5. The van der Waals surface area contributed by atoms with Crippen LogP contribution in [0.2, 0.25) is 0 Å². The highest BCUT2D eigenvalue weighted by molar-refractivity contribution is 6.03. The molecule has 0 bridgehead atoms. The molecule has 1 aliphatic rings. The molecule has 3 aromatic heterocycles. The number of hydrogen-bond donors (Lipinski definition) is 2.